The van der Waals surface area contributed by atoms with Crippen LogP contribution >= 0.6 is 0 Å². The molecule has 2 atom stereocenters. The summed E-state index contributed by atoms with van der Waals surface area (Å²) in [6.07, 6.45) is -2.73. The first-order valence-electron chi connectivity index (χ1n) is 3.36. The van der Waals surface area contributed by atoms with Crippen LogP contribution in [0.3, 0.4) is 0 Å². The largest absolute Gasteiger partial charge is 2.00 e. The number of hydrogen-bond acceptors (Lipinski definition) is 8. The Morgan fingerprint density at radius 2 is 1.13 bits per heavy atom. The summed E-state index contributed by atoms with van der Waals surface area (Å²) in [6, 6.07) is 0. The molecule has 0 bridgehead atoms. The Morgan fingerprint density at radius 1 is 0.933 bits per heavy atom. The van der Waals surface area contributed by atoms with E-state index in [4.69, 9.17) is 20.4 Å². The molecular weight excluding hydrogens is 272 g/mol. The summed E-state index contributed by atoms with van der Waals surface area (Å²) in [5.74, 6) is 0. The summed E-state index contributed by atoms with van der Waals surface area (Å²) in [7, 11) is 0. The Kier molecular flexibility index (Phi) is 18.3. The van der Waals surface area contributed by atoms with Crippen molar-refractivity contribution in [3.05, 3.63) is 0 Å². The van der Waals surface area contributed by atoms with Crippen molar-refractivity contribution in [2.24, 2.45) is 0 Å². The van der Waals surface area contributed by atoms with Gasteiger partial charge in [-0.25, -0.2) is 0 Å². The standard InChI is InChI=1S/2C3H6O3S.Ca/c2*4-1-2(5)3(6)7;/h2*2,4-5H,1H2,(H,6,7);/q;;+2/p-2. The number of hydrogen-bond donors (Lipinski definition) is 4. The molecular formula is C6H10CaO6S2. The van der Waals surface area contributed by atoms with Gasteiger partial charge < -0.3 is 55.3 Å². The predicted octanol–water partition coefficient (Wildman–Crippen LogP) is -3.55. The molecule has 0 rings (SSSR count). The molecule has 15 heavy (non-hydrogen) atoms. The fraction of sp³-hybridized carbons (Fsp3) is 0.667. The SMILES string of the molecule is O=C([S-])C(O)CO.O=C([S-])C(O)CO.[Ca+2]. The molecule has 9 heteroatoms. The van der Waals surface area contributed by atoms with Gasteiger partial charge in [0.25, 0.3) is 0 Å². The smallest absolute Gasteiger partial charge is 0.739 e. The van der Waals surface area contributed by atoms with E-state index in [1.54, 1.807) is 0 Å². The van der Waals surface area contributed by atoms with Gasteiger partial charge in [-0.2, -0.15) is 0 Å². The van der Waals surface area contributed by atoms with E-state index in [0.717, 1.165) is 0 Å². The second-order valence-electron chi connectivity index (χ2n) is 2.03. The molecule has 0 fully saturated rings. The molecule has 0 aromatic heterocycles. The van der Waals surface area contributed by atoms with E-state index >= 15 is 0 Å². The van der Waals surface area contributed by atoms with Gasteiger partial charge in [-0.3, -0.25) is 0 Å². The van der Waals surface area contributed by atoms with Gasteiger partial charge in [0.1, 0.15) is 12.2 Å². The van der Waals surface area contributed by atoms with Crippen molar-refractivity contribution in [1.82, 2.24) is 0 Å². The van der Waals surface area contributed by atoms with Crippen molar-refractivity contribution in [1.29, 1.82) is 0 Å². The maximum atomic E-state index is 9.78. The average Bonchev–Trinajstić information content (AvgIpc) is 2.15. The van der Waals surface area contributed by atoms with Gasteiger partial charge in [0.15, 0.2) is 0 Å². The number of rotatable bonds is 4. The molecule has 0 heterocycles. The van der Waals surface area contributed by atoms with Gasteiger partial charge in [-0.1, -0.05) is 0 Å². The van der Waals surface area contributed by atoms with E-state index in [0.29, 0.717) is 0 Å². The number of aliphatic hydroxyl groups is 4. The van der Waals surface area contributed by atoms with Gasteiger partial charge in [-0.05, 0) is 0 Å². The molecule has 84 valence electrons. The number of carbonyl (C=O) groups excluding carboxylic acids is 2. The van der Waals surface area contributed by atoms with Gasteiger partial charge in [-0.15, -0.1) is 0 Å². The zero-order valence-corrected chi connectivity index (χ0v) is 11.5. The quantitative estimate of drug-likeness (QED) is 0.309. The fourth-order valence-corrected chi connectivity index (χ4v) is 0.298. The molecule has 0 amide bonds. The van der Waals surface area contributed by atoms with Crippen LogP contribution in [0, 0.1) is 0 Å². The molecule has 6 nitrogen and oxygen atoms in total. The Bertz CT molecular complexity index is 170. The first kappa shape index (κ1) is 21.2. The minimum absolute atomic E-state index is 0. The molecule has 0 saturated heterocycles. The zero-order chi connectivity index (χ0) is 11.7. The van der Waals surface area contributed by atoms with Crippen LogP contribution in [0.5, 0.6) is 0 Å². The number of carbonyl (C=O) groups is 2. The Labute approximate surface area is 127 Å². The van der Waals surface area contributed by atoms with E-state index in [-0.39, 0.29) is 37.7 Å². The minimum atomic E-state index is -1.37. The summed E-state index contributed by atoms with van der Waals surface area (Å²) in [5.41, 5.74) is 0. The van der Waals surface area contributed by atoms with E-state index in [1.807, 2.05) is 0 Å². The molecule has 4 N–H and O–H groups in total. The molecule has 0 saturated carbocycles. The summed E-state index contributed by atoms with van der Waals surface area (Å²) in [4.78, 5) is 19.6. The molecule has 0 radical (unpaired) electrons. The van der Waals surface area contributed by atoms with Crippen molar-refractivity contribution in [3.8, 4) is 0 Å². The molecule has 0 aromatic rings. The first-order chi connectivity index (χ1) is 6.36. The normalized spacial score (nSPS) is 12.5. The van der Waals surface area contributed by atoms with Crippen LogP contribution in [-0.2, 0) is 34.8 Å². The third kappa shape index (κ3) is 14.9. The molecule has 0 aliphatic carbocycles. The van der Waals surface area contributed by atoms with Crippen molar-refractivity contribution < 1.29 is 30.0 Å². The maximum absolute atomic E-state index is 9.78. The Hall–Kier alpha value is 0.880. The minimum Gasteiger partial charge on any atom is -0.739 e. The third-order valence-corrected chi connectivity index (χ3v) is 1.43. The second-order valence-corrected chi connectivity index (χ2v) is 2.84. The molecule has 0 aromatic carbocycles. The average molecular weight is 282 g/mol. The van der Waals surface area contributed by atoms with Crippen molar-refractivity contribution >= 4 is 73.2 Å². The van der Waals surface area contributed by atoms with Crippen molar-refractivity contribution in [2.75, 3.05) is 13.2 Å². The molecule has 0 spiro atoms. The van der Waals surface area contributed by atoms with E-state index in [1.165, 1.54) is 0 Å². The summed E-state index contributed by atoms with van der Waals surface area (Å²) < 4.78 is 0. The molecule has 0 aliphatic heterocycles. The van der Waals surface area contributed by atoms with Gasteiger partial charge >= 0.3 is 37.7 Å². The summed E-state index contributed by atoms with van der Waals surface area (Å²) in [5, 5.41) is 30.8. The van der Waals surface area contributed by atoms with E-state index in [2.05, 4.69) is 25.3 Å². The van der Waals surface area contributed by atoms with Gasteiger partial charge in [0, 0.05) is 10.2 Å². The van der Waals surface area contributed by atoms with Crippen LogP contribution in [0.15, 0.2) is 0 Å². The number of aliphatic hydroxyl groups excluding tert-OH is 4. The molecule has 2 unspecified atom stereocenters. The van der Waals surface area contributed by atoms with Crippen LogP contribution in [0.25, 0.3) is 0 Å². The first-order valence-corrected chi connectivity index (χ1v) is 4.18. The van der Waals surface area contributed by atoms with Gasteiger partial charge in [0.05, 0.1) is 13.2 Å². The van der Waals surface area contributed by atoms with Crippen LogP contribution in [0.1, 0.15) is 0 Å². The topological polar surface area (TPSA) is 115 Å². The van der Waals surface area contributed by atoms with Crippen molar-refractivity contribution in [3.63, 3.8) is 0 Å². The van der Waals surface area contributed by atoms with Crippen molar-refractivity contribution in [2.45, 2.75) is 12.2 Å². The predicted molar refractivity (Wildman–Crippen MR) is 56.7 cm³/mol. The molecule has 0 aliphatic rings. The maximum Gasteiger partial charge on any atom is 2.00 e. The second kappa shape index (κ2) is 12.9. The van der Waals surface area contributed by atoms with E-state index < -0.39 is 35.7 Å². The Morgan fingerprint density at radius 3 is 1.13 bits per heavy atom. The summed E-state index contributed by atoms with van der Waals surface area (Å²) in [6.45, 7) is -1.16. The van der Waals surface area contributed by atoms with E-state index in [9.17, 15) is 9.59 Å². The zero-order valence-electron chi connectivity index (χ0n) is 7.70. The Balaban J connectivity index is -0.000000180. The summed E-state index contributed by atoms with van der Waals surface area (Å²) >= 11 is 7.90. The fourth-order valence-electron chi connectivity index (χ4n) is 0.149. The van der Waals surface area contributed by atoms with Crippen LogP contribution in [-0.4, -0.2) is 93.8 Å². The monoisotopic (exact) mass is 282 g/mol. The van der Waals surface area contributed by atoms with Crippen LogP contribution < -0.4 is 0 Å². The van der Waals surface area contributed by atoms with Crippen LogP contribution in [0.2, 0.25) is 0 Å². The third-order valence-electron chi connectivity index (χ3n) is 0.890. The van der Waals surface area contributed by atoms with Crippen LogP contribution in [0.4, 0.5) is 0 Å². The van der Waals surface area contributed by atoms with Gasteiger partial charge in [0.2, 0.25) is 0 Å².